The number of rotatable bonds is 5. The van der Waals surface area contributed by atoms with Gasteiger partial charge in [-0.25, -0.2) is 0 Å². The highest BCUT2D eigenvalue weighted by atomic mass is 16.5. The van der Waals surface area contributed by atoms with E-state index in [1.54, 1.807) is 7.11 Å². The predicted molar refractivity (Wildman–Crippen MR) is 73.0 cm³/mol. The third-order valence-electron chi connectivity index (χ3n) is 4.25. The quantitative estimate of drug-likeness (QED) is 0.888. The van der Waals surface area contributed by atoms with Crippen LogP contribution in [0.5, 0.6) is 0 Å². The zero-order valence-corrected chi connectivity index (χ0v) is 12.4. The SMILES string of the molecule is CCC(OC)c1noc(C(C)(C)C2CCCNC2)n1. The van der Waals surface area contributed by atoms with Gasteiger partial charge in [0.25, 0.3) is 0 Å². The summed E-state index contributed by atoms with van der Waals surface area (Å²) in [5, 5.41) is 7.54. The molecule has 0 spiro atoms. The second-order valence-corrected chi connectivity index (χ2v) is 5.86. The molecule has 1 aliphatic heterocycles. The zero-order chi connectivity index (χ0) is 13.9. The van der Waals surface area contributed by atoms with E-state index in [1.807, 2.05) is 0 Å². The molecule has 1 aromatic rings. The fourth-order valence-corrected chi connectivity index (χ4v) is 2.72. The fourth-order valence-electron chi connectivity index (χ4n) is 2.72. The number of aromatic nitrogens is 2. The van der Waals surface area contributed by atoms with Crippen molar-refractivity contribution in [2.45, 2.75) is 51.6 Å². The van der Waals surface area contributed by atoms with Crippen molar-refractivity contribution in [1.29, 1.82) is 0 Å². The number of nitrogens with zero attached hydrogens (tertiary/aromatic N) is 2. The maximum Gasteiger partial charge on any atom is 0.232 e. The maximum absolute atomic E-state index is 5.50. The molecule has 1 aromatic heterocycles. The van der Waals surface area contributed by atoms with Crippen LogP contribution in [-0.4, -0.2) is 30.3 Å². The second kappa shape index (κ2) is 6.01. The predicted octanol–water partition coefficient (Wildman–Crippen LogP) is 2.44. The lowest BCUT2D eigenvalue weighted by molar-refractivity contribution is 0.0903. The summed E-state index contributed by atoms with van der Waals surface area (Å²) in [4.78, 5) is 4.57. The van der Waals surface area contributed by atoms with Gasteiger partial charge < -0.3 is 14.6 Å². The van der Waals surface area contributed by atoms with E-state index in [4.69, 9.17) is 9.26 Å². The number of ether oxygens (including phenoxy) is 1. The van der Waals surface area contributed by atoms with Crippen molar-refractivity contribution in [3.63, 3.8) is 0 Å². The molecule has 2 unspecified atom stereocenters. The van der Waals surface area contributed by atoms with Gasteiger partial charge in [0.05, 0.1) is 0 Å². The van der Waals surface area contributed by atoms with E-state index in [2.05, 4.69) is 36.2 Å². The molecular weight excluding hydrogens is 242 g/mol. The molecule has 0 radical (unpaired) electrons. The van der Waals surface area contributed by atoms with E-state index in [1.165, 1.54) is 12.8 Å². The molecule has 2 rings (SSSR count). The Kier molecular flexibility index (Phi) is 4.58. The first kappa shape index (κ1) is 14.5. The second-order valence-electron chi connectivity index (χ2n) is 5.86. The number of piperidine rings is 1. The highest BCUT2D eigenvalue weighted by molar-refractivity contribution is 5.06. The van der Waals surface area contributed by atoms with E-state index in [0.717, 1.165) is 25.4 Å². The monoisotopic (exact) mass is 267 g/mol. The maximum atomic E-state index is 5.50. The first-order valence-corrected chi connectivity index (χ1v) is 7.17. The van der Waals surface area contributed by atoms with Crippen molar-refractivity contribution in [2.24, 2.45) is 5.92 Å². The highest BCUT2D eigenvalue weighted by Gasteiger charge is 2.37. The molecule has 2 heterocycles. The largest absolute Gasteiger partial charge is 0.373 e. The third-order valence-corrected chi connectivity index (χ3v) is 4.25. The van der Waals surface area contributed by atoms with E-state index < -0.39 is 0 Å². The summed E-state index contributed by atoms with van der Waals surface area (Å²) in [6.07, 6.45) is 3.20. The molecule has 0 amide bonds. The fraction of sp³-hybridized carbons (Fsp3) is 0.857. The zero-order valence-electron chi connectivity index (χ0n) is 12.4. The molecule has 1 aliphatic rings. The van der Waals surface area contributed by atoms with E-state index in [0.29, 0.717) is 11.7 Å². The number of methoxy groups -OCH3 is 1. The molecule has 0 saturated carbocycles. The van der Waals surface area contributed by atoms with Gasteiger partial charge in [-0.15, -0.1) is 0 Å². The average molecular weight is 267 g/mol. The molecule has 0 aliphatic carbocycles. The Balaban J connectivity index is 2.15. The van der Waals surface area contributed by atoms with E-state index in [-0.39, 0.29) is 11.5 Å². The molecule has 2 atom stereocenters. The summed E-state index contributed by atoms with van der Waals surface area (Å²) in [6.45, 7) is 8.57. The lowest BCUT2D eigenvalue weighted by Crippen LogP contribution is -2.41. The van der Waals surface area contributed by atoms with Crippen LogP contribution >= 0.6 is 0 Å². The van der Waals surface area contributed by atoms with E-state index in [9.17, 15) is 0 Å². The minimum Gasteiger partial charge on any atom is -0.373 e. The number of hydrogen-bond acceptors (Lipinski definition) is 5. The molecule has 1 N–H and O–H groups in total. The van der Waals surface area contributed by atoms with Gasteiger partial charge >= 0.3 is 0 Å². The lowest BCUT2D eigenvalue weighted by atomic mass is 9.75. The summed E-state index contributed by atoms with van der Waals surface area (Å²) in [7, 11) is 1.68. The standard InChI is InChI=1S/C14H25N3O2/c1-5-11(18-4)12-16-13(19-17-12)14(2,3)10-7-6-8-15-9-10/h10-11,15H,5-9H2,1-4H3. The first-order chi connectivity index (χ1) is 9.09. The molecule has 5 nitrogen and oxygen atoms in total. The Morgan fingerprint density at radius 2 is 2.32 bits per heavy atom. The average Bonchev–Trinajstić information content (AvgIpc) is 2.92. The minimum absolute atomic E-state index is 0.0715. The summed E-state index contributed by atoms with van der Waals surface area (Å²) in [5.41, 5.74) is -0.0926. The third kappa shape index (κ3) is 2.98. The molecule has 108 valence electrons. The molecule has 19 heavy (non-hydrogen) atoms. The van der Waals surface area contributed by atoms with Crippen LogP contribution in [0.3, 0.4) is 0 Å². The Morgan fingerprint density at radius 3 is 2.89 bits per heavy atom. The molecular formula is C14H25N3O2. The molecule has 5 heteroatoms. The first-order valence-electron chi connectivity index (χ1n) is 7.17. The van der Waals surface area contributed by atoms with Crippen molar-refractivity contribution in [3.8, 4) is 0 Å². The van der Waals surface area contributed by atoms with Gasteiger partial charge in [-0.05, 0) is 38.3 Å². The molecule has 0 bridgehead atoms. The van der Waals surface area contributed by atoms with Crippen LogP contribution in [0.4, 0.5) is 0 Å². The Morgan fingerprint density at radius 1 is 1.53 bits per heavy atom. The smallest absolute Gasteiger partial charge is 0.232 e. The van der Waals surface area contributed by atoms with Gasteiger partial charge in [0.2, 0.25) is 11.7 Å². The number of nitrogens with one attached hydrogen (secondary N) is 1. The van der Waals surface area contributed by atoms with Gasteiger partial charge in [0.15, 0.2) is 0 Å². The van der Waals surface area contributed by atoms with Gasteiger partial charge in [-0.1, -0.05) is 25.9 Å². The normalized spacial score (nSPS) is 22.4. The van der Waals surface area contributed by atoms with Gasteiger partial charge in [0.1, 0.15) is 6.10 Å². The van der Waals surface area contributed by atoms with Gasteiger partial charge in [0, 0.05) is 12.5 Å². The van der Waals surface area contributed by atoms with E-state index >= 15 is 0 Å². The molecule has 1 saturated heterocycles. The van der Waals surface area contributed by atoms with Crippen molar-refractivity contribution in [1.82, 2.24) is 15.5 Å². The summed E-state index contributed by atoms with van der Waals surface area (Å²) >= 11 is 0. The summed E-state index contributed by atoms with van der Waals surface area (Å²) in [5.74, 6) is 1.93. The Hall–Kier alpha value is -0.940. The Labute approximate surface area is 115 Å². The summed E-state index contributed by atoms with van der Waals surface area (Å²) in [6, 6.07) is 0. The van der Waals surface area contributed by atoms with Crippen LogP contribution in [-0.2, 0) is 10.2 Å². The van der Waals surface area contributed by atoms with Crippen molar-refractivity contribution < 1.29 is 9.26 Å². The van der Waals surface area contributed by atoms with Crippen molar-refractivity contribution >= 4 is 0 Å². The number of hydrogen-bond donors (Lipinski definition) is 1. The van der Waals surface area contributed by atoms with Crippen molar-refractivity contribution in [2.75, 3.05) is 20.2 Å². The van der Waals surface area contributed by atoms with Crippen LogP contribution in [0.2, 0.25) is 0 Å². The lowest BCUT2D eigenvalue weighted by Gasteiger charge is -2.34. The summed E-state index contributed by atoms with van der Waals surface area (Å²) < 4.78 is 10.9. The van der Waals surface area contributed by atoms with Gasteiger partial charge in [-0.2, -0.15) is 4.98 Å². The van der Waals surface area contributed by atoms with Crippen LogP contribution < -0.4 is 5.32 Å². The highest BCUT2D eigenvalue weighted by Crippen LogP contribution is 2.35. The van der Waals surface area contributed by atoms with Crippen LogP contribution in [0.15, 0.2) is 4.52 Å². The van der Waals surface area contributed by atoms with Crippen LogP contribution in [0.1, 0.15) is 57.9 Å². The van der Waals surface area contributed by atoms with Gasteiger partial charge in [-0.3, -0.25) is 0 Å². The topological polar surface area (TPSA) is 60.2 Å². The molecule has 1 fully saturated rings. The minimum atomic E-state index is -0.0926. The van der Waals surface area contributed by atoms with Crippen molar-refractivity contribution in [3.05, 3.63) is 11.7 Å². The van der Waals surface area contributed by atoms with Crippen LogP contribution in [0, 0.1) is 5.92 Å². The van der Waals surface area contributed by atoms with Crippen LogP contribution in [0.25, 0.3) is 0 Å². The Bertz CT molecular complexity index is 393. The molecule has 0 aromatic carbocycles.